The van der Waals surface area contributed by atoms with E-state index >= 15 is 0 Å². The number of hydrogen-bond acceptors (Lipinski definition) is 3. The SMILES string of the molecule is CCCCCCCCN[C@@H](C)[C@@H](O)c1ccc(SC(C)C)cc1. The Bertz CT molecular complexity index is 405. The molecule has 0 aliphatic rings. The molecule has 2 atom stereocenters. The molecule has 1 aromatic rings. The van der Waals surface area contributed by atoms with Crippen LogP contribution in [0, 0.1) is 0 Å². The van der Waals surface area contributed by atoms with E-state index in [2.05, 4.69) is 57.3 Å². The number of rotatable bonds is 12. The van der Waals surface area contributed by atoms with Gasteiger partial charge in [0.2, 0.25) is 0 Å². The molecule has 1 rings (SSSR count). The lowest BCUT2D eigenvalue weighted by Gasteiger charge is -2.21. The predicted octanol–water partition coefficient (Wildman–Crippen LogP) is 5.56. The molecule has 0 aliphatic carbocycles. The molecule has 23 heavy (non-hydrogen) atoms. The third-order valence-corrected chi connectivity index (χ3v) is 5.08. The van der Waals surface area contributed by atoms with E-state index in [1.165, 1.54) is 43.4 Å². The van der Waals surface area contributed by atoms with E-state index in [1.54, 1.807) is 0 Å². The van der Waals surface area contributed by atoms with E-state index in [-0.39, 0.29) is 6.04 Å². The average molecular weight is 338 g/mol. The number of benzene rings is 1. The highest BCUT2D eigenvalue weighted by Crippen LogP contribution is 2.25. The minimum Gasteiger partial charge on any atom is -0.387 e. The molecule has 2 N–H and O–H groups in total. The molecule has 0 heterocycles. The number of hydrogen-bond donors (Lipinski definition) is 2. The van der Waals surface area contributed by atoms with Gasteiger partial charge in [-0.2, -0.15) is 0 Å². The van der Waals surface area contributed by atoms with Crippen molar-refractivity contribution in [1.29, 1.82) is 0 Å². The minimum atomic E-state index is -0.437. The molecule has 132 valence electrons. The fourth-order valence-electron chi connectivity index (χ4n) is 2.65. The van der Waals surface area contributed by atoms with Gasteiger partial charge in [-0.1, -0.05) is 65.0 Å². The van der Waals surface area contributed by atoms with Gasteiger partial charge in [-0.05, 0) is 37.6 Å². The van der Waals surface area contributed by atoms with E-state index < -0.39 is 6.10 Å². The lowest BCUT2D eigenvalue weighted by molar-refractivity contribution is 0.136. The average Bonchev–Trinajstić information content (AvgIpc) is 2.53. The van der Waals surface area contributed by atoms with Crippen LogP contribution in [-0.2, 0) is 0 Å². The first-order valence-electron chi connectivity index (χ1n) is 9.22. The van der Waals surface area contributed by atoms with Gasteiger partial charge in [-0.3, -0.25) is 0 Å². The van der Waals surface area contributed by atoms with E-state index in [9.17, 15) is 5.11 Å². The van der Waals surface area contributed by atoms with Crippen LogP contribution in [-0.4, -0.2) is 22.9 Å². The largest absolute Gasteiger partial charge is 0.387 e. The summed E-state index contributed by atoms with van der Waals surface area (Å²) in [5.74, 6) is 0. The summed E-state index contributed by atoms with van der Waals surface area (Å²) >= 11 is 1.85. The van der Waals surface area contributed by atoms with Crippen molar-refractivity contribution in [2.24, 2.45) is 0 Å². The number of unbranched alkanes of at least 4 members (excludes halogenated alkanes) is 5. The van der Waals surface area contributed by atoms with Crippen LogP contribution >= 0.6 is 11.8 Å². The van der Waals surface area contributed by atoms with Crippen molar-refractivity contribution in [3.8, 4) is 0 Å². The predicted molar refractivity (Wildman–Crippen MR) is 103 cm³/mol. The molecule has 3 heteroatoms. The van der Waals surface area contributed by atoms with Crippen LogP contribution in [0.3, 0.4) is 0 Å². The third-order valence-electron chi connectivity index (χ3n) is 4.06. The van der Waals surface area contributed by atoms with Crippen molar-refractivity contribution in [2.75, 3.05) is 6.54 Å². The van der Waals surface area contributed by atoms with Gasteiger partial charge in [0.25, 0.3) is 0 Å². The molecule has 0 aliphatic heterocycles. The summed E-state index contributed by atoms with van der Waals surface area (Å²) < 4.78 is 0. The fourth-order valence-corrected chi connectivity index (χ4v) is 3.49. The Hall–Kier alpha value is -0.510. The first kappa shape index (κ1) is 20.5. The van der Waals surface area contributed by atoms with E-state index in [1.807, 2.05) is 11.8 Å². The number of nitrogens with one attached hydrogen (secondary N) is 1. The zero-order valence-corrected chi connectivity index (χ0v) is 16.2. The highest BCUT2D eigenvalue weighted by molar-refractivity contribution is 7.99. The molecule has 0 saturated carbocycles. The maximum atomic E-state index is 10.5. The number of aliphatic hydroxyl groups excluding tert-OH is 1. The normalized spacial score (nSPS) is 14.2. The van der Waals surface area contributed by atoms with Crippen LogP contribution in [0.15, 0.2) is 29.2 Å². The summed E-state index contributed by atoms with van der Waals surface area (Å²) in [4.78, 5) is 1.27. The number of thioether (sulfide) groups is 1. The molecule has 0 aromatic heterocycles. The van der Waals surface area contributed by atoms with Gasteiger partial charge in [0.1, 0.15) is 0 Å². The summed E-state index contributed by atoms with van der Waals surface area (Å²) in [6.07, 6.45) is 7.40. The van der Waals surface area contributed by atoms with Crippen molar-refractivity contribution in [1.82, 2.24) is 5.32 Å². The first-order valence-corrected chi connectivity index (χ1v) is 10.1. The van der Waals surface area contributed by atoms with Gasteiger partial charge < -0.3 is 10.4 Å². The Morgan fingerprint density at radius 2 is 1.57 bits per heavy atom. The summed E-state index contributed by atoms with van der Waals surface area (Å²) in [5.41, 5.74) is 1.00. The van der Waals surface area contributed by atoms with Gasteiger partial charge in [-0.15, -0.1) is 11.8 Å². The van der Waals surface area contributed by atoms with Crippen LogP contribution in [0.25, 0.3) is 0 Å². The molecule has 0 spiro atoms. The van der Waals surface area contributed by atoms with Crippen molar-refractivity contribution in [2.45, 2.75) is 88.5 Å². The highest BCUT2D eigenvalue weighted by atomic mass is 32.2. The second-order valence-corrected chi connectivity index (χ2v) is 8.34. The highest BCUT2D eigenvalue weighted by Gasteiger charge is 2.15. The summed E-state index contributed by atoms with van der Waals surface area (Å²) in [5, 5.41) is 14.5. The van der Waals surface area contributed by atoms with Crippen molar-refractivity contribution in [3.63, 3.8) is 0 Å². The molecular formula is C20H35NOS. The van der Waals surface area contributed by atoms with E-state index in [0.717, 1.165) is 12.1 Å². The van der Waals surface area contributed by atoms with Gasteiger partial charge in [0.05, 0.1) is 6.10 Å². The Labute approximate surface area is 147 Å². The van der Waals surface area contributed by atoms with E-state index in [4.69, 9.17) is 0 Å². The van der Waals surface area contributed by atoms with Crippen molar-refractivity contribution >= 4 is 11.8 Å². The van der Waals surface area contributed by atoms with Gasteiger partial charge in [-0.25, -0.2) is 0 Å². The monoisotopic (exact) mass is 337 g/mol. The maximum absolute atomic E-state index is 10.5. The Morgan fingerprint density at radius 1 is 0.957 bits per heavy atom. The smallest absolute Gasteiger partial charge is 0.0940 e. The van der Waals surface area contributed by atoms with Crippen molar-refractivity contribution < 1.29 is 5.11 Å². The van der Waals surface area contributed by atoms with Crippen LogP contribution in [0.5, 0.6) is 0 Å². The maximum Gasteiger partial charge on any atom is 0.0940 e. The number of aliphatic hydroxyl groups is 1. The Kier molecular flexibility index (Phi) is 10.7. The van der Waals surface area contributed by atoms with Crippen molar-refractivity contribution in [3.05, 3.63) is 29.8 Å². The molecule has 0 amide bonds. The summed E-state index contributed by atoms with van der Waals surface area (Å²) in [7, 11) is 0. The van der Waals surface area contributed by atoms with Gasteiger partial charge in [0, 0.05) is 16.2 Å². The van der Waals surface area contributed by atoms with Gasteiger partial charge >= 0.3 is 0 Å². The van der Waals surface area contributed by atoms with E-state index in [0.29, 0.717) is 5.25 Å². The summed E-state index contributed by atoms with van der Waals surface area (Å²) in [6.45, 7) is 9.70. The first-order chi connectivity index (χ1) is 11.0. The molecule has 1 aromatic carbocycles. The molecule has 0 saturated heterocycles. The topological polar surface area (TPSA) is 32.3 Å². The Balaban J connectivity index is 2.28. The van der Waals surface area contributed by atoms with Crippen LogP contribution in [0.1, 0.15) is 77.9 Å². The quantitative estimate of drug-likeness (QED) is 0.387. The van der Waals surface area contributed by atoms with Crippen LogP contribution < -0.4 is 5.32 Å². The Morgan fingerprint density at radius 3 is 2.17 bits per heavy atom. The molecule has 0 fully saturated rings. The van der Waals surface area contributed by atoms with Crippen LogP contribution in [0.2, 0.25) is 0 Å². The fraction of sp³-hybridized carbons (Fsp3) is 0.700. The standard InChI is InChI=1S/C20H35NOS/c1-5-6-7-8-9-10-15-21-17(4)20(22)18-11-13-19(14-12-18)23-16(2)3/h11-14,16-17,20-22H,5-10,15H2,1-4H3/t17-,20+/m0/s1. The second kappa shape index (κ2) is 11.9. The molecule has 0 unspecified atom stereocenters. The molecular weight excluding hydrogens is 302 g/mol. The second-order valence-electron chi connectivity index (χ2n) is 6.69. The lowest BCUT2D eigenvalue weighted by atomic mass is 10.0. The zero-order chi connectivity index (χ0) is 17.1. The molecule has 2 nitrogen and oxygen atoms in total. The van der Waals surface area contributed by atoms with Gasteiger partial charge in [0.15, 0.2) is 0 Å². The third kappa shape index (κ3) is 8.78. The minimum absolute atomic E-state index is 0.0919. The zero-order valence-electron chi connectivity index (χ0n) is 15.3. The molecule has 0 bridgehead atoms. The lowest BCUT2D eigenvalue weighted by Crippen LogP contribution is -2.32. The van der Waals surface area contributed by atoms with Crippen LogP contribution in [0.4, 0.5) is 0 Å². The molecule has 0 radical (unpaired) electrons. The summed E-state index contributed by atoms with van der Waals surface area (Å²) in [6, 6.07) is 8.43.